The number of aromatic nitrogens is 2. The van der Waals surface area contributed by atoms with Gasteiger partial charge in [0, 0.05) is 22.0 Å². The quantitative estimate of drug-likeness (QED) is 0.554. The Morgan fingerprint density at radius 2 is 2.08 bits per heavy atom. The molecule has 0 unspecified atom stereocenters. The fraction of sp³-hybridized carbons (Fsp3) is 0.211. The summed E-state index contributed by atoms with van der Waals surface area (Å²) in [6.45, 7) is 5.80. The van der Waals surface area contributed by atoms with Crippen LogP contribution in [0.1, 0.15) is 32.9 Å². The largest absolute Gasteiger partial charge is 0.361 e. The molecule has 0 aliphatic carbocycles. The molecule has 1 aromatic carbocycles. The first kappa shape index (κ1) is 18.7. The van der Waals surface area contributed by atoms with E-state index in [9.17, 15) is 4.79 Å². The Kier molecular flexibility index (Phi) is 5.78. The second-order valence-corrected chi connectivity index (χ2v) is 7.70. The second kappa shape index (κ2) is 8.05. The molecule has 0 saturated carbocycles. The van der Waals surface area contributed by atoms with Crippen molar-refractivity contribution in [3.8, 4) is 0 Å². The number of rotatable bonds is 5. The van der Waals surface area contributed by atoms with Crippen LogP contribution in [0.25, 0.3) is 0 Å². The van der Waals surface area contributed by atoms with E-state index < -0.39 is 0 Å². The van der Waals surface area contributed by atoms with Crippen molar-refractivity contribution in [2.24, 2.45) is 0 Å². The average Bonchev–Trinajstić information content (AvgIpc) is 2.94. The number of hydrogen-bond acceptors (Lipinski definition) is 5. The molecule has 1 amide bonds. The molecule has 7 heteroatoms. The maximum Gasteiger partial charge on any atom is 0.258 e. The number of hydrogen-bond donors (Lipinski definition) is 1. The van der Waals surface area contributed by atoms with Crippen LogP contribution in [0.15, 0.2) is 50.6 Å². The number of anilines is 1. The third-order valence-corrected chi connectivity index (χ3v) is 5.61. The molecular weight excluding hydrogens is 414 g/mol. The van der Waals surface area contributed by atoms with Gasteiger partial charge in [-0.1, -0.05) is 11.2 Å². The highest BCUT2D eigenvalue weighted by Crippen LogP contribution is 2.29. The first-order valence-electron chi connectivity index (χ1n) is 8.02. The van der Waals surface area contributed by atoms with Gasteiger partial charge in [-0.25, -0.2) is 4.98 Å². The number of nitrogens with zero attached hydrogens (tertiary/aromatic N) is 2. The van der Waals surface area contributed by atoms with E-state index in [4.69, 9.17) is 4.52 Å². The summed E-state index contributed by atoms with van der Waals surface area (Å²) in [4.78, 5) is 17.1. The highest BCUT2D eigenvalue weighted by molar-refractivity contribution is 9.10. The summed E-state index contributed by atoms with van der Waals surface area (Å²) in [5.74, 6) is 1.25. The molecule has 134 valence electrons. The standard InChI is InChI=1S/C19H18BrN3O2S/c1-11-6-7-17(16(20)9-11)22-18(24)14-5-4-8-21-19(14)26-10-15-12(2)23-25-13(15)3/h4-9H,10H2,1-3H3,(H,22,24). The Morgan fingerprint density at radius 3 is 2.77 bits per heavy atom. The van der Waals surface area contributed by atoms with Crippen molar-refractivity contribution in [1.82, 2.24) is 10.1 Å². The van der Waals surface area contributed by atoms with Crippen molar-refractivity contribution in [3.05, 3.63) is 69.1 Å². The molecule has 3 rings (SSSR count). The predicted molar refractivity (Wildman–Crippen MR) is 107 cm³/mol. The van der Waals surface area contributed by atoms with Gasteiger partial charge in [-0.15, -0.1) is 11.8 Å². The van der Waals surface area contributed by atoms with Gasteiger partial charge in [0.05, 0.1) is 16.9 Å². The molecule has 3 aromatic rings. The number of nitrogens with one attached hydrogen (secondary N) is 1. The number of benzene rings is 1. The SMILES string of the molecule is Cc1ccc(NC(=O)c2cccnc2SCc2c(C)noc2C)c(Br)c1. The van der Waals surface area contributed by atoms with E-state index in [-0.39, 0.29) is 5.91 Å². The number of carbonyl (C=O) groups is 1. The van der Waals surface area contributed by atoms with Crippen LogP contribution in [0, 0.1) is 20.8 Å². The maximum absolute atomic E-state index is 12.8. The summed E-state index contributed by atoms with van der Waals surface area (Å²) < 4.78 is 6.04. The molecule has 2 aromatic heterocycles. The van der Waals surface area contributed by atoms with Crippen molar-refractivity contribution in [2.45, 2.75) is 31.6 Å². The third kappa shape index (κ3) is 4.16. The molecule has 5 nitrogen and oxygen atoms in total. The van der Waals surface area contributed by atoms with Crippen molar-refractivity contribution >= 4 is 39.3 Å². The Hall–Kier alpha value is -2.12. The molecule has 0 bridgehead atoms. The van der Waals surface area contributed by atoms with Crippen LogP contribution in [-0.4, -0.2) is 16.0 Å². The summed E-state index contributed by atoms with van der Waals surface area (Å²) in [5, 5.41) is 7.58. The van der Waals surface area contributed by atoms with Gasteiger partial charge in [0.2, 0.25) is 0 Å². The van der Waals surface area contributed by atoms with Crippen molar-refractivity contribution < 1.29 is 9.32 Å². The molecule has 0 fully saturated rings. The van der Waals surface area contributed by atoms with Gasteiger partial charge in [-0.2, -0.15) is 0 Å². The van der Waals surface area contributed by atoms with Crippen LogP contribution in [0.3, 0.4) is 0 Å². The molecule has 2 heterocycles. The fourth-order valence-corrected chi connectivity index (χ4v) is 4.18. The molecule has 26 heavy (non-hydrogen) atoms. The number of amides is 1. The first-order chi connectivity index (χ1) is 12.5. The molecule has 0 aliphatic heterocycles. The van der Waals surface area contributed by atoms with E-state index in [1.807, 2.05) is 39.0 Å². The van der Waals surface area contributed by atoms with Crippen molar-refractivity contribution in [1.29, 1.82) is 0 Å². The minimum absolute atomic E-state index is 0.191. The van der Waals surface area contributed by atoms with Crippen molar-refractivity contribution in [2.75, 3.05) is 5.32 Å². The van der Waals surface area contributed by atoms with Crippen LogP contribution in [0.5, 0.6) is 0 Å². The molecular formula is C19H18BrN3O2S. The molecule has 0 aliphatic rings. The van der Waals surface area contributed by atoms with Crippen LogP contribution in [-0.2, 0) is 5.75 Å². The first-order valence-corrected chi connectivity index (χ1v) is 9.80. The lowest BCUT2D eigenvalue weighted by Gasteiger charge is -2.11. The van der Waals surface area contributed by atoms with Gasteiger partial charge in [-0.3, -0.25) is 4.79 Å². The Balaban J connectivity index is 1.79. The monoisotopic (exact) mass is 431 g/mol. The highest BCUT2D eigenvalue weighted by atomic mass is 79.9. The average molecular weight is 432 g/mol. The normalized spacial score (nSPS) is 10.8. The van der Waals surface area contributed by atoms with Gasteiger partial charge in [0.15, 0.2) is 0 Å². The van der Waals surface area contributed by atoms with Gasteiger partial charge in [0.25, 0.3) is 5.91 Å². The Morgan fingerprint density at radius 1 is 1.27 bits per heavy atom. The van der Waals surface area contributed by atoms with Gasteiger partial charge < -0.3 is 9.84 Å². The fourth-order valence-electron chi connectivity index (χ4n) is 2.44. The highest BCUT2D eigenvalue weighted by Gasteiger charge is 2.16. The maximum atomic E-state index is 12.8. The van der Waals surface area contributed by atoms with Crippen molar-refractivity contribution in [3.63, 3.8) is 0 Å². The summed E-state index contributed by atoms with van der Waals surface area (Å²) in [7, 11) is 0. The summed E-state index contributed by atoms with van der Waals surface area (Å²) in [6, 6.07) is 9.34. The van der Waals surface area contributed by atoms with Gasteiger partial charge >= 0.3 is 0 Å². The topological polar surface area (TPSA) is 68.0 Å². The minimum Gasteiger partial charge on any atom is -0.361 e. The zero-order valence-electron chi connectivity index (χ0n) is 14.7. The smallest absolute Gasteiger partial charge is 0.258 e. The van der Waals surface area contributed by atoms with E-state index >= 15 is 0 Å². The van der Waals surface area contributed by atoms with Gasteiger partial charge in [0.1, 0.15) is 10.8 Å². The van der Waals surface area contributed by atoms with E-state index in [0.717, 1.165) is 32.7 Å². The number of halogens is 1. The zero-order valence-corrected chi connectivity index (χ0v) is 17.1. The number of aryl methyl sites for hydroxylation is 3. The third-order valence-electron chi connectivity index (χ3n) is 3.92. The summed E-state index contributed by atoms with van der Waals surface area (Å²) >= 11 is 4.98. The van der Waals surface area contributed by atoms with Crippen LogP contribution < -0.4 is 5.32 Å². The van der Waals surface area contributed by atoms with E-state index in [1.54, 1.807) is 18.3 Å². The molecule has 0 radical (unpaired) electrons. The summed E-state index contributed by atoms with van der Waals surface area (Å²) in [6.07, 6.45) is 1.69. The van der Waals surface area contributed by atoms with Crippen LogP contribution in [0.4, 0.5) is 5.69 Å². The number of carbonyl (C=O) groups excluding carboxylic acids is 1. The van der Waals surface area contributed by atoms with E-state index in [2.05, 4.69) is 31.4 Å². The van der Waals surface area contributed by atoms with E-state index in [1.165, 1.54) is 11.8 Å². The predicted octanol–water partition coefficient (Wildman–Crippen LogP) is 5.30. The lowest BCUT2D eigenvalue weighted by Crippen LogP contribution is -2.14. The summed E-state index contributed by atoms with van der Waals surface area (Å²) in [5.41, 5.74) is 4.28. The van der Waals surface area contributed by atoms with Crippen LogP contribution in [0.2, 0.25) is 0 Å². The Labute approximate surface area is 164 Å². The molecule has 0 spiro atoms. The lowest BCUT2D eigenvalue weighted by molar-refractivity contribution is 0.102. The molecule has 0 atom stereocenters. The number of thioether (sulfide) groups is 1. The molecule has 1 N–H and O–H groups in total. The number of pyridine rings is 1. The minimum atomic E-state index is -0.191. The van der Waals surface area contributed by atoms with Gasteiger partial charge in [-0.05, 0) is 66.5 Å². The Bertz CT molecular complexity index is 936. The lowest BCUT2D eigenvalue weighted by atomic mass is 10.2. The zero-order chi connectivity index (χ0) is 18.7. The second-order valence-electron chi connectivity index (χ2n) is 5.88. The molecule has 0 saturated heterocycles. The van der Waals surface area contributed by atoms with Crippen LogP contribution >= 0.6 is 27.7 Å². The van der Waals surface area contributed by atoms with E-state index in [0.29, 0.717) is 16.3 Å².